The van der Waals surface area contributed by atoms with E-state index in [1.54, 1.807) is 0 Å². The van der Waals surface area contributed by atoms with Gasteiger partial charge >= 0.3 is 0 Å². The van der Waals surface area contributed by atoms with Crippen LogP contribution in [0.15, 0.2) is 218 Å². The van der Waals surface area contributed by atoms with E-state index in [0.717, 1.165) is 0 Å². The van der Waals surface area contributed by atoms with Gasteiger partial charge in [-0.2, -0.15) is 0 Å². The van der Waals surface area contributed by atoms with Gasteiger partial charge in [-0.3, -0.25) is 0 Å². The average molecular weight is 709 g/mol. The van der Waals surface area contributed by atoms with Crippen LogP contribution in [0.25, 0.3) is 109 Å². The zero-order chi connectivity index (χ0) is 37.0. The van der Waals surface area contributed by atoms with E-state index in [2.05, 4.69) is 218 Å². The Morgan fingerprint density at radius 3 is 1.38 bits per heavy atom. The summed E-state index contributed by atoms with van der Waals surface area (Å²) in [5.41, 5.74) is 12.2. The third kappa shape index (κ3) is 5.46. The van der Waals surface area contributed by atoms with Gasteiger partial charge in [0.05, 0.1) is 0 Å². The quantitative estimate of drug-likeness (QED) is 0.156. The minimum atomic E-state index is 1.20. The number of benzene rings is 11. The Bertz CT molecular complexity index is 3290. The topological polar surface area (TPSA) is 0 Å². The minimum Gasteiger partial charge on any atom is -0.0622 e. The van der Waals surface area contributed by atoms with Crippen LogP contribution in [-0.2, 0) is 0 Å². The van der Waals surface area contributed by atoms with Crippen molar-refractivity contribution in [3.8, 4) is 55.6 Å². The largest absolute Gasteiger partial charge is 0.0622 e. The van der Waals surface area contributed by atoms with E-state index >= 15 is 0 Å². The molecule has 0 radical (unpaired) electrons. The summed E-state index contributed by atoms with van der Waals surface area (Å²) in [5, 5.41) is 12.5. The van der Waals surface area contributed by atoms with Crippen molar-refractivity contribution in [1.29, 1.82) is 0 Å². The van der Waals surface area contributed by atoms with Gasteiger partial charge in [-0.15, -0.1) is 0 Å². The molecule has 0 atom stereocenters. The zero-order valence-corrected chi connectivity index (χ0v) is 30.8. The Labute approximate surface area is 326 Å². The van der Waals surface area contributed by atoms with Gasteiger partial charge in [-0.25, -0.2) is 0 Å². The van der Waals surface area contributed by atoms with E-state index in [0.29, 0.717) is 0 Å². The maximum atomic E-state index is 2.45. The molecule has 0 saturated heterocycles. The fraction of sp³-hybridized carbons (Fsp3) is 0. The van der Waals surface area contributed by atoms with Gasteiger partial charge in [0.1, 0.15) is 0 Å². The summed E-state index contributed by atoms with van der Waals surface area (Å²) in [6, 6.07) is 80.6. The maximum Gasteiger partial charge on any atom is -0.00259 e. The molecule has 0 heteroatoms. The molecule has 0 aliphatic rings. The Kier molecular flexibility index (Phi) is 7.60. The van der Waals surface area contributed by atoms with Crippen LogP contribution in [0.5, 0.6) is 0 Å². The van der Waals surface area contributed by atoms with E-state index in [1.807, 2.05) is 0 Å². The predicted molar refractivity (Wildman–Crippen MR) is 241 cm³/mol. The molecule has 0 nitrogen and oxygen atoms in total. The molecule has 260 valence electrons. The Morgan fingerprint density at radius 2 is 0.661 bits per heavy atom. The minimum absolute atomic E-state index is 1.20. The van der Waals surface area contributed by atoms with Crippen LogP contribution < -0.4 is 0 Å². The molecule has 0 amide bonds. The second-order valence-electron chi connectivity index (χ2n) is 14.9. The SMILES string of the molecule is c1ccc(-c2cc(-c3ccc4ccccc4c3)cc(-c3c4ccccc4c(-c4ccc5ccccc5c4)c4cc(-c5cccc6ccccc56)ccc34)c2)cc1. The molecule has 11 aromatic rings. The lowest BCUT2D eigenvalue weighted by molar-refractivity contribution is 1.59. The molecule has 0 spiro atoms. The zero-order valence-electron chi connectivity index (χ0n) is 30.8. The maximum absolute atomic E-state index is 2.45. The summed E-state index contributed by atoms with van der Waals surface area (Å²) >= 11 is 0. The highest BCUT2D eigenvalue weighted by atomic mass is 14.2. The van der Waals surface area contributed by atoms with Crippen molar-refractivity contribution in [2.75, 3.05) is 0 Å². The molecule has 0 aliphatic carbocycles. The molecule has 11 rings (SSSR count). The summed E-state index contributed by atoms with van der Waals surface area (Å²) in [6.45, 7) is 0. The van der Waals surface area contributed by atoms with Gasteiger partial charge in [-0.1, -0.05) is 182 Å². The van der Waals surface area contributed by atoms with E-state index in [9.17, 15) is 0 Å². The van der Waals surface area contributed by atoms with Crippen LogP contribution in [-0.4, -0.2) is 0 Å². The molecular weight excluding hydrogens is 673 g/mol. The first-order valence-electron chi connectivity index (χ1n) is 19.4. The second-order valence-corrected chi connectivity index (χ2v) is 14.9. The van der Waals surface area contributed by atoms with Gasteiger partial charge in [0.15, 0.2) is 0 Å². The lowest BCUT2D eigenvalue weighted by Crippen LogP contribution is -1.93. The van der Waals surface area contributed by atoms with Crippen molar-refractivity contribution < 1.29 is 0 Å². The third-order valence-corrected chi connectivity index (χ3v) is 11.6. The van der Waals surface area contributed by atoms with Crippen molar-refractivity contribution in [2.45, 2.75) is 0 Å². The first-order valence-corrected chi connectivity index (χ1v) is 19.4. The summed E-state index contributed by atoms with van der Waals surface area (Å²) < 4.78 is 0. The smallest absolute Gasteiger partial charge is 0.00259 e. The number of rotatable bonds is 5. The number of hydrogen-bond acceptors (Lipinski definition) is 0. The normalized spacial score (nSPS) is 11.6. The van der Waals surface area contributed by atoms with Gasteiger partial charge in [0.2, 0.25) is 0 Å². The third-order valence-electron chi connectivity index (χ3n) is 11.6. The number of hydrogen-bond donors (Lipinski definition) is 0. The van der Waals surface area contributed by atoms with Gasteiger partial charge in [-0.05, 0) is 146 Å². The lowest BCUT2D eigenvalue weighted by atomic mass is 9.83. The molecule has 0 fully saturated rings. The molecule has 0 saturated carbocycles. The fourth-order valence-corrected chi connectivity index (χ4v) is 8.89. The molecule has 56 heavy (non-hydrogen) atoms. The van der Waals surface area contributed by atoms with E-state index in [-0.39, 0.29) is 0 Å². The van der Waals surface area contributed by atoms with Gasteiger partial charge in [0.25, 0.3) is 0 Å². The molecule has 0 heterocycles. The van der Waals surface area contributed by atoms with Gasteiger partial charge < -0.3 is 0 Å². The van der Waals surface area contributed by atoms with Crippen LogP contribution in [0, 0.1) is 0 Å². The van der Waals surface area contributed by atoms with E-state index in [1.165, 1.54) is 109 Å². The van der Waals surface area contributed by atoms with Crippen LogP contribution >= 0.6 is 0 Å². The summed E-state index contributed by atoms with van der Waals surface area (Å²) in [7, 11) is 0. The first kappa shape index (κ1) is 32.2. The molecule has 0 N–H and O–H groups in total. The van der Waals surface area contributed by atoms with Crippen molar-refractivity contribution >= 4 is 53.9 Å². The Balaban J connectivity index is 1.24. The average Bonchev–Trinajstić information content (AvgIpc) is 3.27. The highest BCUT2D eigenvalue weighted by Gasteiger charge is 2.20. The number of fused-ring (bicyclic) bond motifs is 5. The highest BCUT2D eigenvalue weighted by Crippen LogP contribution is 2.47. The summed E-state index contributed by atoms with van der Waals surface area (Å²) in [5.74, 6) is 0. The van der Waals surface area contributed by atoms with Crippen LogP contribution in [0.3, 0.4) is 0 Å². The lowest BCUT2D eigenvalue weighted by Gasteiger charge is -2.20. The van der Waals surface area contributed by atoms with Crippen molar-refractivity contribution in [2.24, 2.45) is 0 Å². The molecule has 0 aliphatic heterocycles. The van der Waals surface area contributed by atoms with Gasteiger partial charge in [0, 0.05) is 0 Å². The molecular formula is C56H36. The second kappa shape index (κ2) is 13.2. The van der Waals surface area contributed by atoms with Crippen molar-refractivity contribution in [1.82, 2.24) is 0 Å². The molecule has 0 unspecified atom stereocenters. The van der Waals surface area contributed by atoms with E-state index in [4.69, 9.17) is 0 Å². The fourth-order valence-electron chi connectivity index (χ4n) is 8.89. The summed E-state index contributed by atoms with van der Waals surface area (Å²) in [4.78, 5) is 0. The predicted octanol–water partition coefficient (Wildman–Crippen LogP) is 15.8. The summed E-state index contributed by atoms with van der Waals surface area (Å²) in [6.07, 6.45) is 0. The van der Waals surface area contributed by atoms with Crippen molar-refractivity contribution in [3.63, 3.8) is 0 Å². The highest BCUT2D eigenvalue weighted by molar-refractivity contribution is 6.23. The Hall–Kier alpha value is -7.28. The van der Waals surface area contributed by atoms with Crippen LogP contribution in [0.1, 0.15) is 0 Å². The monoisotopic (exact) mass is 708 g/mol. The molecule has 0 aromatic heterocycles. The molecule has 0 bridgehead atoms. The first-order chi connectivity index (χ1) is 27.7. The Morgan fingerprint density at radius 1 is 0.179 bits per heavy atom. The standard InChI is InChI=1S/C56H36/c1-2-13-37(14-3-1)46-33-47(43-27-25-38-15-4-6-18-41(38)31-43)35-48(34-46)56-52-23-11-10-22-51(52)55(45-28-26-39-16-5-7-19-42(39)32-45)54-36-44(29-30-53(54)56)50-24-12-20-40-17-8-9-21-49(40)50/h1-36H. The van der Waals surface area contributed by atoms with Crippen molar-refractivity contribution in [3.05, 3.63) is 218 Å². The molecule has 11 aromatic carbocycles. The van der Waals surface area contributed by atoms with E-state index < -0.39 is 0 Å². The van der Waals surface area contributed by atoms with Crippen LogP contribution in [0.2, 0.25) is 0 Å². The van der Waals surface area contributed by atoms with Crippen LogP contribution in [0.4, 0.5) is 0 Å².